The number of hydrogen-bond donors (Lipinski definition) is 1. The Kier molecular flexibility index (Phi) is 3.87. The number of carboxylic acids is 1. The molecule has 0 spiro atoms. The SMILES string of the molecule is O=C(O)CC(c1cc(F)ccc1F)C(F)F. The highest BCUT2D eigenvalue weighted by molar-refractivity contribution is 5.68. The van der Waals surface area contributed by atoms with Gasteiger partial charge in [0.2, 0.25) is 6.43 Å². The molecule has 0 heterocycles. The average molecular weight is 236 g/mol. The lowest BCUT2D eigenvalue weighted by atomic mass is 9.95. The highest BCUT2D eigenvalue weighted by Gasteiger charge is 2.28. The molecular weight excluding hydrogens is 228 g/mol. The summed E-state index contributed by atoms with van der Waals surface area (Å²) in [7, 11) is 0. The van der Waals surface area contributed by atoms with Crippen molar-refractivity contribution in [2.24, 2.45) is 0 Å². The van der Waals surface area contributed by atoms with Crippen molar-refractivity contribution in [3.05, 3.63) is 35.4 Å². The quantitative estimate of drug-likeness (QED) is 0.816. The van der Waals surface area contributed by atoms with Crippen molar-refractivity contribution in [1.82, 2.24) is 0 Å². The monoisotopic (exact) mass is 236 g/mol. The number of alkyl halides is 2. The van der Waals surface area contributed by atoms with E-state index < -0.39 is 41.9 Å². The van der Waals surface area contributed by atoms with Gasteiger partial charge in [0.25, 0.3) is 0 Å². The van der Waals surface area contributed by atoms with Crippen LogP contribution in [-0.4, -0.2) is 17.5 Å². The van der Waals surface area contributed by atoms with Gasteiger partial charge in [0.1, 0.15) is 11.6 Å². The van der Waals surface area contributed by atoms with Crippen molar-refractivity contribution in [2.45, 2.75) is 18.8 Å². The molecule has 0 saturated carbocycles. The Bertz CT molecular complexity index is 392. The van der Waals surface area contributed by atoms with Gasteiger partial charge in [-0.05, 0) is 18.2 Å². The molecule has 1 N–H and O–H groups in total. The lowest BCUT2D eigenvalue weighted by Crippen LogP contribution is -2.15. The fourth-order valence-electron chi connectivity index (χ4n) is 1.32. The molecule has 1 aromatic carbocycles. The van der Waals surface area contributed by atoms with Crippen LogP contribution in [-0.2, 0) is 4.79 Å². The Morgan fingerprint density at radius 3 is 2.44 bits per heavy atom. The lowest BCUT2D eigenvalue weighted by Gasteiger charge is -2.14. The van der Waals surface area contributed by atoms with E-state index in [0.717, 1.165) is 6.07 Å². The van der Waals surface area contributed by atoms with E-state index in [-0.39, 0.29) is 0 Å². The fraction of sp³-hybridized carbons (Fsp3) is 0.300. The van der Waals surface area contributed by atoms with Gasteiger partial charge in [-0.1, -0.05) is 0 Å². The van der Waals surface area contributed by atoms with Crippen LogP contribution in [0.2, 0.25) is 0 Å². The Balaban J connectivity index is 3.09. The molecule has 16 heavy (non-hydrogen) atoms. The first kappa shape index (κ1) is 12.5. The minimum Gasteiger partial charge on any atom is -0.481 e. The van der Waals surface area contributed by atoms with Crippen LogP contribution in [0.4, 0.5) is 17.6 Å². The summed E-state index contributed by atoms with van der Waals surface area (Å²) in [6, 6.07) is 2.07. The van der Waals surface area contributed by atoms with Gasteiger partial charge in [-0.25, -0.2) is 17.6 Å². The summed E-state index contributed by atoms with van der Waals surface area (Å²) < 4.78 is 50.9. The molecule has 0 fully saturated rings. The Labute approximate surface area is 88.5 Å². The van der Waals surface area contributed by atoms with Crippen LogP contribution < -0.4 is 0 Å². The maximum atomic E-state index is 13.1. The Morgan fingerprint density at radius 2 is 1.94 bits per heavy atom. The molecule has 0 aliphatic rings. The van der Waals surface area contributed by atoms with Crippen LogP contribution in [0.15, 0.2) is 18.2 Å². The minimum absolute atomic E-state index is 0.592. The van der Waals surface area contributed by atoms with E-state index in [9.17, 15) is 22.4 Å². The molecule has 88 valence electrons. The van der Waals surface area contributed by atoms with Crippen LogP contribution >= 0.6 is 0 Å². The molecule has 1 unspecified atom stereocenters. The third-order valence-electron chi connectivity index (χ3n) is 2.06. The Morgan fingerprint density at radius 1 is 1.31 bits per heavy atom. The first-order chi connectivity index (χ1) is 7.41. The largest absolute Gasteiger partial charge is 0.481 e. The molecule has 0 amide bonds. The van der Waals surface area contributed by atoms with E-state index in [4.69, 9.17) is 5.11 Å². The molecule has 0 aliphatic heterocycles. The Hall–Kier alpha value is -1.59. The molecule has 0 saturated heterocycles. The molecule has 1 atom stereocenters. The van der Waals surface area contributed by atoms with Gasteiger partial charge >= 0.3 is 5.97 Å². The minimum atomic E-state index is -3.06. The topological polar surface area (TPSA) is 37.3 Å². The third-order valence-corrected chi connectivity index (χ3v) is 2.06. The predicted octanol–water partition coefficient (Wildman–Crippen LogP) is 2.79. The zero-order chi connectivity index (χ0) is 12.3. The predicted molar refractivity (Wildman–Crippen MR) is 47.4 cm³/mol. The molecule has 0 aromatic heterocycles. The van der Waals surface area contributed by atoms with E-state index in [1.54, 1.807) is 0 Å². The molecule has 0 aliphatic carbocycles. The van der Waals surface area contributed by atoms with Gasteiger partial charge < -0.3 is 5.11 Å². The van der Waals surface area contributed by atoms with Gasteiger partial charge in [0.05, 0.1) is 12.3 Å². The number of carboxylic acid groups (broad SMARTS) is 1. The van der Waals surface area contributed by atoms with Gasteiger partial charge in [0.15, 0.2) is 0 Å². The highest BCUT2D eigenvalue weighted by atomic mass is 19.3. The highest BCUT2D eigenvalue weighted by Crippen LogP contribution is 2.29. The van der Waals surface area contributed by atoms with Crippen LogP contribution in [0.1, 0.15) is 17.9 Å². The molecule has 1 rings (SSSR count). The van der Waals surface area contributed by atoms with E-state index in [2.05, 4.69) is 0 Å². The fourth-order valence-corrected chi connectivity index (χ4v) is 1.32. The van der Waals surface area contributed by atoms with Gasteiger partial charge in [-0.3, -0.25) is 4.79 Å². The maximum absolute atomic E-state index is 13.1. The number of benzene rings is 1. The molecule has 1 aromatic rings. The van der Waals surface area contributed by atoms with Crippen molar-refractivity contribution >= 4 is 5.97 Å². The molecule has 2 nitrogen and oxygen atoms in total. The molecule has 0 bridgehead atoms. The van der Waals surface area contributed by atoms with Crippen molar-refractivity contribution < 1.29 is 27.5 Å². The summed E-state index contributed by atoms with van der Waals surface area (Å²) in [6.07, 6.45) is -4.01. The average Bonchev–Trinajstić information content (AvgIpc) is 2.18. The van der Waals surface area contributed by atoms with Crippen LogP contribution in [0.25, 0.3) is 0 Å². The zero-order valence-corrected chi connectivity index (χ0v) is 7.96. The smallest absolute Gasteiger partial charge is 0.304 e. The summed E-state index contributed by atoms with van der Waals surface area (Å²) >= 11 is 0. The van der Waals surface area contributed by atoms with Crippen LogP contribution in [0.3, 0.4) is 0 Å². The summed E-state index contributed by atoms with van der Waals surface area (Å²) in [5, 5.41) is 8.40. The van der Waals surface area contributed by atoms with Crippen molar-refractivity contribution in [2.75, 3.05) is 0 Å². The second-order valence-corrected chi connectivity index (χ2v) is 3.20. The number of rotatable bonds is 4. The van der Waals surface area contributed by atoms with E-state index in [1.165, 1.54) is 0 Å². The summed E-state index contributed by atoms with van der Waals surface area (Å²) in [4.78, 5) is 10.3. The van der Waals surface area contributed by atoms with E-state index in [1.807, 2.05) is 0 Å². The van der Waals surface area contributed by atoms with Crippen LogP contribution in [0.5, 0.6) is 0 Å². The third kappa shape index (κ3) is 2.95. The van der Waals surface area contributed by atoms with Crippen LogP contribution in [0, 0.1) is 11.6 Å². The van der Waals surface area contributed by atoms with Gasteiger partial charge in [-0.2, -0.15) is 0 Å². The van der Waals surface area contributed by atoms with Crippen molar-refractivity contribution in [3.63, 3.8) is 0 Å². The number of carbonyl (C=O) groups is 1. The zero-order valence-electron chi connectivity index (χ0n) is 7.96. The first-order valence-corrected chi connectivity index (χ1v) is 4.36. The van der Waals surface area contributed by atoms with E-state index in [0.29, 0.717) is 12.1 Å². The normalized spacial score (nSPS) is 12.8. The lowest BCUT2D eigenvalue weighted by molar-refractivity contribution is -0.138. The molecule has 6 heteroatoms. The van der Waals surface area contributed by atoms with Crippen molar-refractivity contribution in [3.8, 4) is 0 Å². The molecule has 0 radical (unpaired) electrons. The van der Waals surface area contributed by atoms with Gasteiger partial charge in [-0.15, -0.1) is 0 Å². The maximum Gasteiger partial charge on any atom is 0.304 e. The standard InChI is InChI=1S/C10H8F4O2/c11-5-1-2-8(12)6(3-5)7(10(13)14)4-9(15)16/h1-3,7,10H,4H2,(H,15,16). The number of aliphatic carboxylic acids is 1. The number of halogens is 4. The van der Waals surface area contributed by atoms with E-state index >= 15 is 0 Å². The first-order valence-electron chi connectivity index (χ1n) is 4.36. The summed E-state index contributed by atoms with van der Waals surface area (Å²) in [5.41, 5.74) is -0.614. The number of hydrogen-bond acceptors (Lipinski definition) is 1. The van der Waals surface area contributed by atoms with Gasteiger partial charge in [0, 0.05) is 5.56 Å². The summed E-state index contributed by atoms with van der Waals surface area (Å²) in [5.74, 6) is -5.25. The summed E-state index contributed by atoms with van der Waals surface area (Å²) in [6.45, 7) is 0. The molecular formula is C10H8F4O2. The second kappa shape index (κ2) is 4.96. The second-order valence-electron chi connectivity index (χ2n) is 3.20. The van der Waals surface area contributed by atoms with Crippen molar-refractivity contribution in [1.29, 1.82) is 0 Å².